The van der Waals surface area contributed by atoms with Crippen molar-refractivity contribution in [2.45, 2.75) is 63.5 Å². The van der Waals surface area contributed by atoms with Crippen molar-refractivity contribution in [1.29, 1.82) is 0 Å². The lowest BCUT2D eigenvalue weighted by molar-refractivity contribution is 0.151. The summed E-state index contributed by atoms with van der Waals surface area (Å²) in [6.07, 6.45) is 10.5. The van der Waals surface area contributed by atoms with Crippen LogP contribution >= 0.6 is 0 Å². The van der Waals surface area contributed by atoms with E-state index < -0.39 is 0 Å². The Morgan fingerprint density at radius 3 is 1.29 bits per heavy atom. The first kappa shape index (κ1) is 10.4. The van der Waals surface area contributed by atoms with Crippen LogP contribution in [0.1, 0.15) is 51.4 Å². The van der Waals surface area contributed by atoms with Gasteiger partial charge in [-0.3, -0.25) is 0 Å². The van der Waals surface area contributed by atoms with Crippen molar-refractivity contribution in [1.82, 2.24) is 0 Å². The molecular weight excluding hydrogens is 172 g/mol. The van der Waals surface area contributed by atoms with E-state index in [0.717, 1.165) is 11.8 Å². The summed E-state index contributed by atoms with van der Waals surface area (Å²) in [4.78, 5) is 0. The van der Waals surface area contributed by atoms with Gasteiger partial charge < -0.3 is 11.5 Å². The summed E-state index contributed by atoms with van der Waals surface area (Å²) < 4.78 is 0. The molecule has 0 spiro atoms. The van der Waals surface area contributed by atoms with Gasteiger partial charge in [0, 0.05) is 12.1 Å². The van der Waals surface area contributed by atoms with Gasteiger partial charge in [-0.25, -0.2) is 0 Å². The molecule has 0 bridgehead atoms. The monoisotopic (exact) mass is 196 g/mol. The largest absolute Gasteiger partial charge is 0.327 e. The van der Waals surface area contributed by atoms with Crippen LogP contribution in [-0.4, -0.2) is 12.1 Å². The van der Waals surface area contributed by atoms with E-state index in [2.05, 4.69) is 0 Å². The molecule has 2 aliphatic carbocycles. The highest BCUT2D eigenvalue weighted by Crippen LogP contribution is 2.37. The van der Waals surface area contributed by atoms with Crippen LogP contribution in [0.4, 0.5) is 0 Å². The molecule has 2 fully saturated rings. The highest BCUT2D eigenvalue weighted by atomic mass is 14.7. The first-order chi connectivity index (χ1) is 6.79. The van der Waals surface area contributed by atoms with Crippen LogP contribution in [-0.2, 0) is 0 Å². The SMILES string of the molecule is NC1CCCCC1C1CCCCC1N. The zero-order chi connectivity index (χ0) is 9.97. The molecule has 0 saturated heterocycles. The van der Waals surface area contributed by atoms with Gasteiger partial charge in [0.1, 0.15) is 0 Å². The lowest BCUT2D eigenvalue weighted by Gasteiger charge is -2.40. The molecule has 4 N–H and O–H groups in total. The van der Waals surface area contributed by atoms with E-state index in [1.807, 2.05) is 0 Å². The number of hydrogen-bond acceptors (Lipinski definition) is 2. The Kier molecular flexibility index (Phi) is 3.45. The van der Waals surface area contributed by atoms with Gasteiger partial charge in [-0.2, -0.15) is 0 Å². The maximum absolute atomic E-state index is 6.22. The van der Waals surface area contributed by atoms with E-state index in [-0.39, 0.29) is 0 Å². The first-order valence-electron chi connectivity index (χ1n) is 6.30. The maximum Gasteiger partial charge on any atom is 0.00703 e. The summed E-state index contributed by atoms with van der Waals surface area (Å²) in [5.41, 5.74) is 12.4. The van der Waals surface area contributed by atoms with E-state index in [4.69, 9.17) is 11.5 Å². The number of hydrogen-bond donors (Lipinski definition) is 2. The summed E-state index contributed by atoms with van der Waals surface area (Å²) in [5, 5.41) is 0. The zero-order valence-corrected chi connectivity index (χ0v) is 9.12. The second-order valence-corrected chi connectivity index (χ2v) is 5.22. The molecule has 14 heavy (non-hydrogen) atoms. The van der Waals surface area contributed by atoms with Crippen molar-refractivity contribution < 1.29 is 0 Å². The molecule has 0 radical (unpaired) electrons. The standard InChI is InChI=1S/C12H24N2/c13-11-7-3-1-5-9(11)10-6-2-4-8-12(10)14/h9-12H,1-8,13-14H2. The molecule has 2 heteroatoms. The molecule has 2 rings (SSSR count). The van der Waals surface area contributed by atoms with Gasteiger partial charge in [-0.15, -0.1) is 0 Å². The summed E-state index contributed by atoms with van der Waals surface area (Å²) in [6.45, 7) is 0. The molecule has 2 nitrogen and oxygen atoms in total. The molecule has 0 aromatic heterocycles. The van der Waals surface area contributed by atoms with Gasteiger partial charge >= 0.3 is 0 Å². The fraction of sp³-hybridized carbons (Fsp3) is 1.00. The normalized spacial score (nSPS) is 45.0. The Labute approximate surface area is 87.4 Å². The Morgan fingerprint density at radius 2 is 0.929 bits per heavy atom. The molecule has 4 unspecified atom stereocenters. The quantitative estimate of drug-likeness (QED) is 0.674. The third-order valence-electron chi connectivity index (χ3n) is 4.30. The predicted molar refractivity (Wildman–Crippen MR) is 59.9 cm³/mol. The molecule has 0 aromatic rings. The van der Waals surface area contributed by atoms with Crippen molar-refractivity contribution in [2.24, 2.45) is 23.3 Å². The van der Waals surface area contributed by atoms with Gasteiger partial charge in [0.05, 0.1) is 0 Å². The molecule has 0 aromatic carbocycles. The van der Waals surface area contributed by atoms with Gasteiger partial charge in [-0.05, 0) is 37.5 Å². The van der Waals surface area contributed by atoms with Gasteiger partial charge in [0.15, 0.2) is 0 Å². The zero-order valence-electron chi connectivity index (χ0n) is 9.12. The van der Waals surface area contributed by atoms with E-state index in [0.29, 0.717) is 12.1 Å². The smallest absolute Gasteiger partial charge is 0.00703 e. The molecular formula is C12H24N2. The number of nitrogens with two attached hydrogens (primary N) is 2. The summed E-state index contributed by atoms with van der Waals surface area (Å²) >= 11 is 0. The molecule has 2 saturated carbocycles. The van der Waals surface area contributed by atoms with Gasteiger partial charge in [0.2, 0.25) is 0 Å². The fourth-order valence-electron chi connectivity index (χ4n) is 3.44. The molecule has 2 aliphatic rings. The molecule has 4 atom stereocenters. The summed E-state index contributed by atoms with van der Waals surface area (Å²) in [6, 6.07) is 0.885. The van der Waals surface area contributed by atoms with Gasteiger partial charge in [-0.1, -0.05) is 25.7 Å². The lowest BCUT2D eigenvalue weighted by Crippen LogP contribution is -2.46. The lowest BCUT2D eigenvalue weighted by atomic mass is 9.69. The second kappa shape index (κ2) is 4.63. The minimum absolute atomic E-state index is 0.442. The summed E-state index contributed by atoms with van der Waals surface area (Å²) in [7, 11) is 0. The highest BCUT2D eigenvalue weighted by Gasteiger charge is 2.34. The van der Waals surface area contributed by atoms with E-state index in [1.165, 1.54) is 51.4 Å². The Hall–Kier alpha value is -0.0800. The van der Waals surface area contributed by atoms with Crippen molar-refractivity contribution in [2.75, 3.05) is 0 Å². The van der Waals surface area contributed by atoms with E-state index >= 15 is 0 Å². The average Bonchev–Trinajstić information content (AvgIpc) is 2.20. The molecule has 82 valence electrons. The van der Waals surface area contributed by atoms with E-state index in [9.17, 15) is 0 Å². The number of rotatable bonds is 1. The predicted octanol–water partition coefficient (Wildman–Crippen LogP) is 2.02. The topological polar surface area (TPSA) is 52.0 Å². The van der Waals surface area contributed by atoms with Gasteiger partial charge in [0.25, 0.3) is 0 Å². The Morgan fingerprint density at radius 1 is 0.571 bits per heavy atom. The molecule has 0 amide bonds. The first-order valence-corrected chi connectivity index (χ1v) is 6.30. The van der Waals surface area contributed by atoms with E-state index in [1.54, 1.807) is 0 Å². The van der Waals surface area contributed by atoms with Crippen LogP contribution in [0.25, 0.3) is 0 Å². The second-order valence-electron chi connectivity index (χ2n) is 5.22. The van der Waals surface area contributed by atoms with Crippen LogP contribution in [0.5, 0.6) is 0 Å². The van der Waals surface area contributed by atoms with Crippen LogP contribution < -0.4 is 11.5 Å². The van der Waals surface area contributed by atoms with Crippen molar-refractivity contribution in [3.8, 4) is 0 Å². The van der Waals surface area contributed by atoms with Crippen LogP contribution in [0, 0.1) is 11.8 Å². The average molecular weight is 196 g/mol. The maximum atomic E-state index is 6.22. The minimum Gasteiger partial charge on any atom is -0.327 e. The minimum atomic E-state index is 0.442. The highest BCUT2D eigenvalue weighted by molar-refractivity contribution is 4.90. The Balaban J connectivity index is 1.96. The van der Waals surface area contributed by atoms with Crippen LogP contribution in [0.2, 0.25) is 0 Å². The third kappa shape index (κ3) is 2.12. The van der Waals surface area contributed by atoms with Crippen molar-refractivity contribution in [3.05, 3.63) is 0 Å². The fourth-order valence-corrected chi connectivity index (χ4v) is 3.44. The molecule has 0 heterocycles. The van der Waals surface area contributed by atoms with Crippen LogP contribution in [0.15, 0.2) is 0 Å². The third-order valence-corrected chi connectivity index (χ3v) is 4.30. The molecule has 0 aliphatic heterocycles. The van der Waals surface area contributed by atoms with Crippen LogP contribution in [0.3, 0.4) is 0 Å². The Bertz CT molecular complexity index is 161. The van der Waals surface area contributed by atoms with Crippen molar-refractivity contribution >= 4 is 0 Å². The summed E-state index contributed by atoms with van der Waals surface area (Å²) in [5.74, 6) is 1.47. The van der Waals surface area contributed by atoms with Crippen molar-refractivity contribution in [3.63, 3.8) is 0 Å².